The summed E-state index contributed by atoms with van der Waals surface area (Å²) < 4.78 is 12.6. The zero-order chi connectivity index (χ0) is 20.9. The summed E-state index contributed by atoms with van der Waals surface area (Å²) in [7, 11) is 1.54. The Labute approximate surface area is 174 Å². The molecule has 0 amide bonds. The Kier molecular flexibility index (Phi) is 6.67. The highest BCUT2D eigenvalue weighted by Crippen LogP contribution is 2.30. The molecule has 0 atom stereocenters. The number of nitrogens with zero attached hydrogens (tertiary/aromatic N) is 1. The zero-order valence-electron chi connectivity index (χ0n) is 16.8. The Hall–Kier alpha value is -2.70. The fourth-order valence-electron chi connectivity index (χ4n) is 2.68. The summed E-state index contributed by atoms with van der Waals surface area (Å²) in [5, 5.41) is 9.84. The van der Waals surface area contributed by atoms with Crippen LogP contribution in [-0.2, 0) is 5.75 Å². The molecule has 0 unspecified atom stereocenters. The molecule has 0 aliphatic heterocycles. The first kappa shape index (κ1) is 21.0. The van der Waals surface area contributed by atoms with Crippen molar-refractivity contribution < 1.29 is 14.6 Å². The van der Waals surface area contributed by atoms with Crippen LogP contribution < -0.4 is 15.0 Å². The lowest BCUT2D eigenvalue weighted by Gasteiger charge is -2.19. The van der Waals surface area contributed by atoms with E-state index in [0.29, 0.717) is 17.2 Å². The first-order valence-electron chi connectivity index (χ1n) is 9.29. The minimum Gasteiger partial charge on any atom is -0.493 e. The number of methoxy groups -OCH3 is 1. The van der Waals surface area contributed by atoms with Crippen LogP contribution in [0, 0.1) is 0 Å². The highest BCUT2D eigenvalue weighted by Gasteiger charge is 2.16. The number of pyridine rings is 1. The summed E-state index contributed by atoms with van der Waals surface area (Å²) in [6.07, 6.45) is 1.77. The van der Waals surface area contributed by atoms with Gasteiger partial charge in [0.25, 0.3) is 5.56 Å². The minimum atomic E-state index is -0.951. The van der Waals surface area contributed by atoms with Gasteiger partial charge >= 0.3 is 0 Å². The molecule has 0 spiro atoms. The molecule has 1 heterocycles. The predicted molar refractivity (Wildman–Crippen MR) is 116 cm³/mol. The molecule has 29 heavy (non-hydrogen) atoms. The van der Waals surface area contributed by atoms with Gasteiger partial charge in [0.15, 0.2) is 11.5 Å². The third-order valence-electron chi connectivity index (χ3n) is 4.15. The minimum absolute atomic E-state index is 0.115. The maximum Gasteiger partial charge on any atom is 0.256 e. The van der Waals surface area contributed by atoms with Crippen molar-refractivity contribution in [3.05, 3.63) is 82.8 Å². The van der Waals surface area contributed by atoms with Crippen molar-refractivity contribution in [3.63, 3.8) is 0 Å². The molecule has 152 valence electrons. The van der Waals surface area contributed by atoms with Crippen molar-refractivity contribution >= 4 is 11.8 Å². The zero-order valence-corrected chi connectivity index (χ0v) is 17.6. The molecule has 0 bridgehead atoms. The van der Waals surface area contributed by atoms with E-state index in [1.54, 1.807) is 67.7 Å². The van der Waals surface area contributed by atoms with E-state index in [0.717, 1.165) is 10.6 Å². The monoisotopic (exact) mass is 411 g/mol. The van der Waals surface area contributed by atoms with Crippen LogP contribution in [0.2, 0.25) is 0 Å². The van der Waals surface area contributed by atoms with E-state index in [1.165, 1.54) is 5.56 Å². The lowest BCUT2D eigenvalue weighted by Crippen LogP contribution is -2.28. The molecule has 3 aromatic rings. The van der Waals surface area contributed by atoms with E-state index in [9.17, 15) is 9.90 Å². The predicted octanol–water partition coefficient (Wildman–Crippen LogP) is 4.29. The van der Waals surface area contributed by atoms with Crippen molar-refractivity contribution in [3.8, 4) is 17.2 Å². The van der Waals surface area contributed by atoms with Gasteiger partial charge in [-0.15, -0.1) is 11.8 Å². The van der Waals surface area contributed by atoms with Crippen LogP contribution in [0.5, 0.6) is 11.5 Å². The van der Waals surface area contributed by atoms with Crippen molar-refractivity contribution in [1.82, 2.24) is 4.57 Å². The smallest absolute Gasteiger partial charge is 0.256 e. The lowest BCUT2D eigenvalue weighted by atomic mass is 10.2. The van der Waals surface area contributed by atoms with Gasteiger partial charge in [0.1, 0.15) is 6.61 Å². The van der Waals surface area contributed by atoms with Crippen LogP contribution in [0.3, 0.4) is 0 Å². The second-order valence-electron chi connectivity index (χ2n) is 7.28. The average molecular weight is 412 g/mol. The lowest BCUT2D eigenvalue weighted by molar-refractivity contribution is 0.0276. The summed E-state index contributed by atoms with van der Waals surface area (Å²) >= 11 is 1.63. The SMILES string of the molecule is COc1cc(-n2ccc(SCc3ccccc3)cc2=O)ccc1OCC(C)(C)O. The van der Waals surface area contributed by atoms with Crippen LogP contribution in [0.25, 0.3) is 5.69 Å². The van der Waals surface area contributed by atoms with Gasteiger partial charge in [0.2, 0.25) is 0 Å². The molecule has 6 heteroatoms. The molecular formula is C23H25NO4S. The topological polar surface area (TPSA) is 60.7 Å². The van der Waals surface area contributed by atoms with E-state index >= 15 is 0 Å². The van der Waals surface area contributed by atoms with E-state index in [-0.39, 0.29) is 12.2 Å². The summed E-state index contributed by atoms with van der Waals surface area (Å²) in [5.74, 6) is 1.83. The molecular weight excluding hydrogens is 386 g/mol. The Balaban J connectivity index is 1.77. The van der Waals surface area contributed by atoms with Crippen LogP contribution in [0.4, 0.5) is 0 Å². The van der Waals surface area contributed by atoms with E-state index in [1.807, 2.05) is 24.3 Å². The van der Waals surface area contributed by atoms with Gasteiger partial charge in [-0.3, -0.25) is 9.36 Å². The molecule has 0 saturated heterocycles. The summed E-state index contributed by atoms with van der Waals surface area (Å²) in [6, 6.07) is 19.0. The number of hydrogen-bond donors (Lipinski definition) is 1. The van der Waals surface area contributed by atoms with Crippen molar-refractivity contribution in [2.75, 3.05) is 13.7 Å². The molecule has 0 saturated carbocycles. The second-order valence-corrected chi connectivity index (χ2v) is 8.33. The van der Waals surface area contributed by atoms with Gasteiger partial charge in [0.05, 0.1) is 18.4 Å². The molecule has 0 radical (unpaired) electrons. The number of ether oxygens (including phenoxy) is 2. The fraction of sp³-hybridized carbons (Fsp3) is 0.261. The maximum absolute atomic E-state index is 12.6. The quantitative estimate of drug-likeness (QED) is 0.561. The number of rotatable bonds is 8. The maximum atomic E-state index is 12.6. The number of aromatic nitrogens is 1. The van der Waals surface area contributed by atoms with Gasteiger partial charge in [0, 0.05) is 29.0 Å². The third-order valence-corrected chi connectivity index (χ3v) is 5.21. The summed E-state index contributed by atoms with van der Waals surface area (Å²) in [4.78, 5) is 13.6. The van der Waals surface area contributed by atoms with E-state index < -0.39 is 5.60 Å². The Morgan fingerprint density at radius 1 is 1.03 bits per heavy atom. The number of aliphatic hydroxyl groups is 1. The summed E-state index contributed by atoms with van der Waals surface area (Å²) in [5.41, 5.74) is 0.832. The molecule has 3 rings (SSSR count). The van der Waals surface area contributed by atoms with Crippen LogP contribution in [-0.4, -0.2) is 29.0 Å². The first-order valence-corrected chi connectivity index (χ1v) is 10.3. The van der Waals surface area contributed by atoms with Crippen LogP contribution in [0.15, 0.2) is 76.6 Å². The van der Waals surface area contributed by atoms with Crippen molar-refractivity contribution in [2.45, 2.75) is 30.1 Å². The van der Waals surface area contributed by atoms with Gasteiger partial charge in [-0.1, -0.05) is 30.3 Å². The Bertz CT molecular complexity index is 1010. The largest absolute Gasteiger partial charge is 0.493 e. The second kappa shape index (κ2) is 9.20. The van der Waals surface area contributed by atoms with Gasteiger partial charge < -0.3 is 14.6 Å². The highest BCUT2D eigenvalue weighted by atomic mass is 32.2. The Morgan fingerprint density at radius 3 is 2.45 bits per heavy atom. The third kappa shape index (κ3) is 5.89. The fourth-order valence-corrected chi connectivity index (χ4v) is 3.55. The number of thioether (sulfide) groups is 1. The van der Waals surface area contributed by atoms with Gasteiger partial charge in [-0.25, -0.2) is 0 Å². The highest BCUT2D eigenvalue weighted by molar-refractivity contribution is 7.98. The van der Waals surface area contributed by atoms with Crippen molar-refractivity contribution in [2.24, 2.45) is 0 Å². The van der Waals surface area contributed by atoms with Crippen molar-refractivity contribution in [1.29, 1.82) is 0 Å². The molecule has 0 aliphatic rings. The normalized spacial score (nSPS) is 11.3. The summed E-state index contributed by atoms with van der Waals surface area (Å²) in [6.45, 7) is 3.48. The Morgan fingerprint density at radius 2 is 1.79 bits per heavy atom. The number of benzene rings is 2. The average Bonchev–Trinajstić information content (AvgIpc) is 2.71. The van der Waals surface area contributed by atoms with Crippen LogP contribution in [0.1, 0.15) is 19.4 Å². The molecule has 5 nitrogen and oxygen atoms in total. The van der Waals surface area contributed by atoms with E-state index in [4.69, 9.17) is 9.47 Å². The first-order chi connectivity index (χ1) is 13.9. The molecule has 1 N–H and O–H groups in total. The standard InChI is InChI=1S/C23H25NO4S/c1-23(2,26)16-28-20-10-9-18(13-21(20)27-3)24-12-11-19(14-22(24)25)29-15-17-7-5-4-6-8-17/h4-14,26H,15-16H2,1-3H3. The molecule has 1 aromatic heterocycles. The van der Waals surface area contributed by atoms with E-state index in [2.05, 4.69) is 12.1 Å². The van der Waals surface area contributed by atoms with Gasteiger partial charge in [-0.2, -0.15) is 0 Å². The number of hydrogen-bond acceptors (Lipinski definition) is 5. The molecule has 0 aliphatic carbocycles. The van der Waals surface area contributed by atoms with Gasteiger partial charge in [-0.05, 0) is 37.6 Å². The molecule has 0 fully saturated rings. The van der Waals surface area contributed by atoms with Crippen LogP contribution >= 0.6 is 11.8 Å². The molecule has 2 aromatic carbocycles.